The molecule has 1 aliphatic rings. The predicted octanol–water partition coefficient (Wildman–Crippen LogP) is 0.427. The van der Waals surface area contributed by atoms with E-state index in [1.807, 2.05) is 0 Å². The molecule has 1 aliphatic carbocycles. The van der Waals surface area contributed by atoms with Crippen LogP contribution < -0.4 is 10.6 Å². The summed E-state index contributed by atoms with van der Waals surface area (Å²) < 4.78 is 26.1. The molecule has 2 rings (SSSR count). The summed E-state index contributed by atoms with van der Waals surface area (Å²) in [6, 6.07) is 4.97. The molecule has 1 saturated carbocycles. The minimum Gasteiger partial charge on any atom is -0.479 e. The molecule has 1 unspecified atom stereocenters. The zero-order valence-corrected chi connectivity index (χ0v) is 14.7. The quantitative estimate of drug-likeness (QED) is 0.549. The van der Waals surface area contributed by atoms with Gasteiger partial charge in [0.1, 0.15) is 0 Å². The lowest BCUT2D eigenvalue weighted by Gasteiger charge is -2.18. The normalized spacial score (nSPS) is 17.0. The third-order valence-corrected chi connectivity index (χ3v) is 5.83. The fourth-order valence-corrected chi connectivity index (χ4v) is 3.43. The van der Waals surface area contributed by atoms with E-state index >= 15 is 0 Å². The molecular formula is C15H21N3O6S. The smallest absolute Gasteiger partial charge is 0.337 e. The van der Waals surface area contributed by atoms with Crippen LogP contribution in [0.5, 0.6) is 0 Å². The molecule has 1 aromatic carbocycles. The molecule has 0 heterocycles. The average molecular weight is 371 g/mol. The highest BCUT2D eigenvalue weighted by Crippen LogP contribution is 2.30. The summed E-state index contributed by atoms with van der Waals surface area (Å²) in [5, 5.41) is 22.9. The van der Waals surface area contributed by atoms with Crippen molar-refractivity contribution in [1.82, 2.24) is 9.62 Å². The van der Waals surface area contributed by atoms with Crippen LogP contribution in [-0.2, 0) is 14.8 Å². The van der Waals surface area contributed by atoms with Gasteiger partial charge in [-0.1, -0.05) is 0 Å². The molecule has 0 aliphatic heterocycles. The molecule has 4 N–H and O–H groups in total. The van der Waals surface area contributed by atoms with E-state index in [9.17, 15) is 23.1 Å². The summed E-state index contributed by atoms with van der Waals surface area (Å²) in [4.78, 5) is 22.6. The van der Waals surface area contributed by atoms with Crippen molar-refractivity contribution in [3.05, 3.63) is 24.3 Å². The Bertz CT molecular complexity index is 756. The number of carbonyl (C=O) groups is 2. The summed E-state index contributed by atoms with van der Waals surface area (Å²) in [5.74, 6) is -1.46. The predicted molar refractivity (Wildman–Crippen MR) is 89.7 cm³/mol. The van der Waals surface area contributed by atoms with Crippen LogP contribution in [0.2, 0.25) is 0 Å². The molecule has 25 heavy (non-hydrogen) atoms. The van der Waals surface area contributed by atoms with Gasteiger partial charge in [-0.3, -0.25) is 0 Å². The van der Waals surface area contributed by atoms with Crippen molar-refractivity contribution in [2.24, 2.45) is 0 Å². The van der Waals surface area contributed by atoms with Crippen LogP contribution in [0.15, 0.2) is 29.2 Å². The maximum absolute atomic E-state index is 12.4. The number of sulfonamides is 1. The number of anilines is 1. The first-order valence-electron chi connectivity index (χ1n) is 7.63. The highest BCUT2D eigenvalue weighted by atomic mass is 32.2. The van der Waals surface area contributed by atoms with Crippen LogP contribution in [0.3, 0.4) is 0 Å². The van der Waals surface area contributed by atoms with Gasteiger partial charge >= 0.3 is 12.0 Å². The minimum absolute atomic E-state index is 0.0515. The topological polar surface area (TPSA) is 136 Å². The van der Waals surface area contributed by atoms with Crippen molar-refractivity contribution >= 4 is 27.7 Å². The Hall–Kier alpha value is -2.17. The number of aliphatic hydroxyl groups is 1. The van der Waals surface area contributed by atoms with E-state index in [4.69, 9.17) is 5.11 Å². The Morgan fingerprint density at radius 1 is 1.28 bits per heavy atom. The number of amides is 2. The van der Waals surface area contributed by atoms with Crippen molar-refractivity contribution < 1.29 is 28.2 Å². The second-order valence-corrected chi connectivity index (χ2v) is 8.16. The van der Waals surface area contributed by atoms with Gasteiger partial charge in [0.25, 0.3) is 0 Å². The SMILES string of the molecule is CN(C1CC1)S(=O)(=O)c1ccc(NC(=O)NCC(C)(O)C(=O)O)cc1. The van der Waals surface area contributed by atoms with Gasteiger partial charge < -0.3 is 20.8 Å². The summed E-state index contributed by atoms with van der Waals surface area (Å²) >= 11 is 0. The number of hydrogen-bond acceptors (Lipinski definition) is 5. The van der Waals surface area contributed by atoms with Crippen molar-refractivity contribution in [1.29, 1.82) is 0 Å². The Morgan fingerprint density at radius 2 is 1.84 bits per heavy atom. The number of rotatable bonds is 7. The largest absolute Gasteiger partial charge is 0.479 e. The zero-order chi connectivity index (χ0) is 18.8. The lowest BCUT2D eigenvalue weighted by molar-refractivity contribution is -0.155. The molecule has 0 aromatic heterocycles. The fraction of sp³-hybridized carbons (Fsp3) is 0.467. The molecule has 0 bridgehead atoms. The van der Waals surface area contributed by atoms with E-state index in [1.54, 1.807) is 7.05 Å². The van der Waals surface area contributed by atoms with E-state index in [0.717, 1.165) is 19.8 Å². The summed E-state index contributed by atoms with van der Waals surface area (Å²) in [6.45, 7) is 0.582. The molecule has 138 valence electrons. The standard InChI is InChI=1S/C15H21N3O6S/c1-15(22,13(19)20)9-16-14(21)17-10-3-7-12(8-4-10)25(23,24)18(2)11-5-6-11/h3-4,7-8,11,22H,5-6,9H2,1-2H3,(H,19,20)(H2,16,17,21). The summed E-state index contributed by atoms with van der Waals surface area (Å²) in [6.07, 6.45) is 1.71. The van der Waals surface area contributed by atoms with E-state index in [1.165, 1.54) is 28.6 Å². The molecule has 2 amide bonds. The number of carboxylic acid groups (broad SMARTS) is 1. The summed E-state index contributed by atoms with van der Waals surface area (Å²) in [7, 11) is -2.01. The van der Waals surface area contributed by atoms with Gasteiger partial charge in [-0.15, -0.1) is 0 Å². The van der Waals surface area contributed by atoms with Crippen LogP contribution in [0.1, 0.15) is 19.8 Å². The number of nitrogens with one attached hydrogen (secondary N) is 2. The number of benzene rings is 1. The molecule has 10 heteroatoms. The van der Waals surface area contributed by atoms with Gasteiger partial charge in [-0.2, -0.15) is 4.31 Å². The molecule has 0 saturated heterocycles. The lowest BCUT2D eigenvalue weighted by Crippen LogP contribution is -2.47. The number of nitrogens with zero attached hydrogens (tertiary/aromatic N) is 1. The zero-order valence-electron chi connectivity index (χ0n) is 13.9. The number of urea groups is 1. The van der Waals surface area contributed by atoms with Gasteiger partial charge in [0, 0.05) is 18.8 Å². The maximum atomic E-state index is 12.4. The van der Waals surface area contributed by atoms with Gasteiger partial charge in [-0.25, -0.2) is 18.0 Å². The molecule has 1 atom stereocenters. The van der Waals surface area contributed by atoms with E-state index in [0.29, 0.717) is 5.69 Å². The average Bonchev–Trinajstić information content (AvgIpc) is 3.37. The van der Waals surface area contributed by atoms with Crippen LogP contribution in [0.4, 0.5) is 10.5 Å². The minimum atomic E-state index is -3.55. The first-order valence-corrected chi connectivity index (χ1v) is 9.07. The second-order valence-electron chi connectivity index (χ2n) is 6.16. The Kier molecular flexibility index (Phi) is 5.35. The van der Waals surface area contributed by atoms with Crippen molar-refractivity contribution in [2.45, 2.75) is 36.3 Å². The van der Waals surface area contributed by atoms with Crippen molar-refractivity contribution in [2.75, 3.05) is 18.9 Å². The second kappa shape index (κ2) is 6.98. The molecule has 1 fully saturated rings. The third kappa shape index (κ3) is 4.68. The summed E-state index contributed by atoms with van der Waals surface area (Å²) in [5.41, 5.74) is -1.75. The van der Waals surface area contributed by atoms with Crippen LogP contribution in [-0.4, -0.2) is 60.2 Å². The third-order valence-electron chi connectivity index (χ3n) is 3.90. The molecule has 0 radical (unpaired) electrons. The monoisotopic (exact) mass is 371 g/mol. The maximum Gasteiger partial charge on any atom is 0.337 e. The number of carboxylic acids is 1. The molecular weight excluding hydrogens is 350 g/mol. The van der Waals surface area contributed by atoms with Crippen LogP contribution in [0, 0.1) is 0 Å². The Morgan fingerprint density at radius 3 is 2.32 bits per heavy atom. The van der Waals surface area contributed by atoms with E-state index in [2.05, 4.69) is 10.6 Å². The molecule has 9 nitrogen and oxygen atoms in total. The highest BCUT2D eigenvalue weighted by molar-refractivity contribution is 7.89. The first kappa shape index (κ1) is 19.2. The number of carbonyl (C=O) groups excluding carboxylic acids is 1. The highest BCUT2D eigenvalue weighted by Gasteiger charge is 2.35. The molecule has 0 spiro atoms. The fourth-order valence-electron chi connectivity index (χ4n) is 2.01. The number of hydrogen-bond donors (Lipinski definition) is 4. The van der Waals surface area contributed by atoms with Crippen LogP contribution >= 0.6 is 0 Å². The van der Waals surface area contributed by atoms with Gasteiger partial charge in [0.2, 0.25) is 10.0 Å². The lowest BCUT2D eigenvalue weighted by atomic mass is 10.1. The first-order chi connectivity index (χ1) is 11.5. The van der Waals surface area contributed by atoms with Gasteiger partial charge in [-0.05, 0) is 44.0 Å². The van der Waals surface area contributed by atoms with Gasteiger partial charge in [0.05, 0.1) is 11.4 Å². The molecule has 1 aromatic rings. The Labute approximate surface area is 145 Å². The van der Waals surface area contributed by atoms with E-state index < -0.39 is 34.2 Å². The number of aliphatic carboxylic acids is 1. The van der Waals surface area contributed by atoms with Crippen LogP contribution in [0.25, 0.3) is 0 Å². The Balaban J connectivity index is 1.96. The van der Waals surface area contributed by atoms with Gasteiger partial charge in [0.15, 0.2) is 5.60 Å². The van der Waals surface area contributed by atoms with E-state index in [-0.39, 0.29) is 10.9 Å². The van der Waals surface area contributed by atoms with Crippen molar-refractivity contribution in [3.8, 4) is 0 Å². The van der Waals surface area contributed by atoms with Crippen molar-refractivity contribution in [3.63, 3.8) is 0 Å².